The van der Waals surface area contributed by atoms with E-state index in [1.165, 1.54) is 13.8 Å². The minimum absolute atomic E-state index is 0.0884. The average molecular weight is 353 g/mol. The predicted octanol–water partition coefficient (Wildman–Crippen LogP) is 5.36. The first kappa shape index (κ1) is 16.3. The molecule has 0 nitrogen and oxygen atoms in total. The summed E-state index contributed by atoms with van der Waals surface area (Å²) in [6, 6.07) is 1.08. The Hall–Kier alpha value is -0.790. The molecule has 0 aliphatic carbocycles. The zero-order valence-corrected chi connectivity index (χ0v) is 11.3. The molecular formula is C11H8BrF7. The molecule has 1 aromatic rings. The molecule has 108 valence electrons. The molecule has 1 aromatic carbocycles. The molecule has 0 aromatic heterocycles. The van der Waals surface area contributed by atoms with E-state index in [1.54, 1.807) is 0 Å². The van der Waals surface area contributed by atoms with Crippen molar-refractivity contribution < 1.29 is 30.7 Å². The van der Waals surface area contributed by atoms with Gasteiger partial charge in [0.15, 0.2) is 0 Å². The number of benzene rings is 1. The Morgan fingerprint density at radius 2 is 1.11 bits per heavy atom. The van der Waals surface area contributed by atoms with Gasteiger partial charge in [0.2, 0.25) is 0 Å². The molecule has 0 aliphatic rings. The summed E-state index contributed by atoms with van der Waals surface area (Å²) in [7, 11) is 0. The van der Waals surface area contributed by atoms with Gasteiger partial charge in [0.1, 0.15) is 0 Å². The zero-order valence-electron chi connectivity index (χ0n) is 9.68. The summed E-state index contributed by atoms with van der Waals surface area (Å²) in [5.41, 5.74) is -6.67. The highest BCUT2D eigenvalue weighted by Gasteiger charge is 2.73. The highest BCUT2D eigenvalue weighted by molar-refractivity contribution is 9.10. The summed E-state index contributed by atoms with van der Waals surface area (Å²) in [5.74, 6) is 0. The van der Waals surface area contributed by atoms with Crippen molar-refractivity contribution in [3.05, 3.63) is 33.3 Å². The molecule has 19 heavy (non-hydrogen) atoms. The van der Waals surface area contributed by atoms with Crippen LogP contribution in [0, 0.1) is 13.8 Å². The highest BCUT2D eigenvalue weighted by Crippen LogP contribution is 2.53. The van der Waals surface area contributed by atoms with Crippen molar-refractivity contribution in [2.24, 2.45) is 0 Å². The third-order valence-electron chi connectivity index (χ3n) is 2.62. The first-order valence-corrected chi connectivity index (χ1v) is 5.71. The van der Waals surface area contributed by atoms with Crippen molar-refractivity contribution in [3.8, 4) is 0 Å². The van der Waals surface area contributed by atoms with Crippen molar-refractivity contribution in [2.45, 2.75) is 31.9 Å². The Morgan fingerprint density at radius 1 is 0.789 bits per heavy atom. The van der Waals surface area contributed by atoms with Crippen LogP contribution in [-0.4, -0.2) is 12.4 Å². The first-order valence-electron chi connectivity index (χ1n) is 4.92. The number of hydrogen-bond acceptors (Lipinski definition) is 0. The molecule has 0 saturated carbocycles. The van der Waals surface area contributed by atoms with Crippen LogP contribution in [0.3, 0.4) is 0 Å². The molecule has 0 unspecified atom stereocenters. The van der Waals surface area contributed by atoms with Crippen LogP contribution in [0.15, 0.2) is 16.6 Å². The van der Waals surface area contributed by atoms with E-state index in [0.717, 1.165) is 0 Å². The van der Waals surface area contributed by atoms with E-state index in [2.05, 4.69) is 15.9 Å². The van der Waals surface area contributed by atoms with Gasteiger partial charge >= 0.3 is 18.0 Å². The quantitative estimate of drug-likeness (QED) is 0.597. The van der Waals surface area contributed by atoms with Gasteiger partial charge in [-0.05, 0) is 25.0 Å². The summed E-state index contributed by atoms with van der Waals surface area (Å²) in [4.78, 5) is 0. The third kappa shape index (κ3) is 2.59. The molecular weight excluding hydrogens is 345 g/mol. The van der Waals surface area contributed by atoms with E-state index in [-0.39, 0.29) is 11.1 Å². The number of alkyl halides is 7. The molecule has 0 bridgehead atoms. The smallest absolute Gasteiger partial charge is 0.218 e. The third-order valence-corrected chi connectivity index (χ3v) is 3.87. The van der Waals surface area contributed by atoms with Gasteiger partial charge < -0.3 is 0 Å². The molecule has 0 fully saturated rings. The van der Waals surface area contributed by atoms with Gasteiger partial charge in [0.05, 0.1) is 0 Å². The van der Waals surface area contributed by atoms with E-state index in [1.807, 2.05) is 0 Å². The Bertz CT molecular complexity index is 450. The molecule has 0 N–H and O–H groups in total. The fraction of sp³-hybridized carbons (Fsp3) is 0.455. The fourth-order valence-corrected chi connectivity index (χ4v) is 1.86. The van der Waals surface area contributed by atoms with Gasteiger partial charge in [-0.25, -0.2) is 4.39 Å². The van der Waals surface area contributed by atoms with Crippen LogP contribution in [-0.2, 0) is 5.67 Å². The zero-order chi connectivity index (χ0) is 15.2. The largest absolute Gasteiger partial charge is 0.435 e. The summed E-state index contributed by atoms with van der Waals surface area (Å²) in [6.45, 7) is 2.57. The van der Waals surface area contributed by atoms with Crippen LogP contribution < -0.4 is 0 Å². The SMILES string of the molecule is Cc1cc(C(F)(C(F)(F)F)C(F)(F)F)cc(C)c1Br. The predicted molar refractivity (Wildman–Crippen MR) is 58.5 cm³/mol. The van der Waals surface area contributed by atoms with Gasteiger partial charge in [0.25, 0.3) is 0 Å². The lowest BCUT2D eigenvalue weighted by atomic mass is 9.91. The maximum atomic E-state index is 13.8. The van der Waals surface area contributed by atoms with Crippen LogP contribution in [0.1, 0.15) is 16.7 Å². The molecule has 0 aliphatic heterocycles. The second-order valence-electron chi connectivity index (χ2n) is 4.08. The lowest BCUT2D eigenvalue weighted by Crippen LogP contribution is -2.50. The lowest BCUT2D eigenvalue weighted by Gasteiger charge is -2.31. The van der Waals surface area contributed by atoms with Gasteiger partial charge in [-0.1, -0.05) is 28.1 Å². The fourth-order valence-electron chi connectivity index (χ4n) is 1.63. The van der Waals surface area contributed by atoms with Crippen LogP contribution in [0.4, 0.5) is 30.7 Å². The normalized spacial score (nSPS) is 13.8. The number of hydrogen-bond donors (Lipinski definition) is 0. The minimum Gasteiger partial charge on any atom is -0.218 e. The van der Waals surface area contributed by atoms with E-state index in [4.69, 9.17) is 0 Å². The second kappa shape index (κ2) is 4.64. The van der Waals surface area contributed by atoms with Crippen molar-refractivity contribution in [1.82, 2.24) is 0 Å². The molecule has 0 heterocycles. The van der Waals surface area contributed by atoms with Crippen LogP contribution in [0.2, 0.25) is 0 Å². The van der Waals surface area contributed by atoms with Crippen LogP contribution in [0.5, 0.6) is 0 Å². The summed E-state index contributed by atoms with van der Waals surface area (Å²) >= 11 is 3.00. The minimum atomic E-state index is -6.09. The van der Waals surface area contributed by atoms with E-state index in [9.17, 15) is 30.7 Å². The van der Waals surface area contributed by atoms with Crippen molar-refractivity contribution in [3.63, 3.8) is 0 Å². The molecule has 0 spiro atoms. The van der Waals surface area contributed by atoms with E-state index >= 15 is 0 Å². The maximum absolute atomic E-state index is 13.8. The first-order chi connectivity index (χ1) is 8.32. The van der Waals surface area contributed by atoms with Crippen molar-refractivity contribution in [2.75, 3.05) is 0 Å². The topological polar surface area (TPSA) is 0 Å². The summed E-state index contributed by atoms with van der Waals surface area (Å²) < 4.78 is 89.4. The Kier molecular flexibility index (Phi) is 3.97. The maximum Gasteiger partial charge on any atom is 0.435 e. The molecule has 0 saturated heterocycles. The van der Waals surface area contributed by atoms with Gasteiger partial charge in [-0.15, -0.1) is 0 Å². The number of halogens is 8. The standard InChI is InChI=1S/C11H8BrF7/c1-5-3-7(4-6(2)8(5)12)9(13,10(14,15)16)11(17,18)19/h3-4H,1-2H3. The van der Waals surface area contributed by atoms with Crippen LogP contribution >= 0.6 is 15.9 Å². The Morgan fingerprint density at radius 3 is 1.37 bits per heavy atom. The molecule has 0 amide bonds. The summed E-state index contributed by atoms with van der Waals surface area (Å²) in [5, 5.41) is 0. The van der Waals surface area contributed by atoms with Gasteiger partial charge in [0, 0.05) is 10.0 Å². The lowest BCUT2D eigenvalue weighted by molar-refractivity contribution is -0.348. The number of rotatable bonds is 1. The molecule has 1 rings (SSSR count). The average Bonchev–Trinajstić information content (AvgIpc) is 2.20. The van der Waals surface area contributed by atoms with Crippen molar-refractivity contribution >= 4 is 15.9 Å². The van der Waals surface area contributed by atoms with Gasteiger partial charge in [-0.3, -0.25) is 0 Å². The van der Waals surface area contributed by atoms with Crippen molar-refractivity contribution in [1.29, 1.82) is 0 Å². The number of aryl methyl sites for hydroxylation is 2. The summed E-state index contributed by atoms with van der Waals surface area (Å²) in [6.07, 6.45) is -12.2. The monoisotopic (exact) mass is 352 g/mol. The van der Waals surface area contributed by atoms with E-state index in [0.29, 0.717) is 16.6 Å². The van der Waals surface area contributed by atoms with E-state index < -0.39 is 23.6 Å². The Labute approximate surface area is 112 Å². The van der Waals surface area contributed by atoms with Crippen LogP contribution in [0.25, 0.3) is 0 Å². The van der Waals surface area contributed by atoms with Gasteiger partial charge in [-0.2, -0.15) is 26.3 Å². The molecule has 0 radical (unpaired) electrons. The highest BCUT2D eigenvalue weighted by atomic mass is 79.9. The Balaban J connectivity index is 3.62. The molecule has 8 heteroatoms. The second-order valence-corrected chi connectivity index (χ2v) is 4.87. The molecule has 0 atom stereocenters.